The normalized spacial score (nSPS) is 69.3. The Hall–Kier alpha value is -0.950. The number of hydrogen-bond donors (Lipinski definition) is 3. The molecule has 0 aromatic rings. The second kappa shape index (κ2) is 4.25. The van der Waals surface area contributed by atoms with Gasteiger partial charge < -0.3 is 20.1 Å². The first-order valence-electron chi connectivity index (χ1n) is 10.8. The number of hydrogen-bond acceptors (Lipinski definition) is 6. The summed E-state index contributed by atoms with van der Waals surface area (Å²) in [6.07, 6.45) is 1.27. The summed E-state index contributed by atoms with van der Waals surface area (Å²) in [5.41, 5.74) is -1.07. The number of rotatable bonds is 1. The quantitative estimate of drug-likeness (QED) is 0.447. The molecule has 9 rings (SSSR count). The number of aliphatic hydroxyl groups is 3. The number of piperidine rings is 2. The van der Waals surface area contributed by atoms with Crippen LogP contribution in [0.1, 0.15) is 39.5 Å². The third kappa shape index (κ3) is 1.26. The van der Waals surface area contributed by atoms with E-state index in [2.05, 4.69) is 18.4 Å². The van der Waals surface area contributed by atoms with Gasteiger partial charge in [-0.25, -0.2) is 0 Å². The highest BCUT2D eigenvalue weighted by Crippen LogP contribution is 2.88. The maximum Gasteiger partial charge on any atom is 0.302 e. The largest absolute Gasteiger partial charge is 0.463 e. The molecule has 6 aliphatic carbocycles. The van der Waals surface area contributed by atoms with Crippen LogP contribution in [0.4, 0.5) is 0 Å². The first-order chi connectivity index (χ1) is 13.1. The van der Waals surface area contributed by atoms with Crippen LogP contribution in [0.2, 0.25) is 0 Å². The van der Waals surface area contributed by atoms with Crippen molar-refractivity contribution in [1.82, 2.24) is 4.90 Å². The summed E-state index contributed by atoms with van der Waals surface area (Å²) in [5.74, 6) is -0.379. The molecule has 28 heavy (non-hydrogen) atoms. The Morgan fingerprint density at radius 2 is 2.00 bits per heavy atom. The van der Waals surface area contributed by atoms with Crippen LogP contribution in [-0.2, 0) is 9.53 Å². The van der Waals surface area contributed by atoms with Crippen molar-refractivity contribution in [2.45, 2.75) is 75.5 Å². The van der Waals surface area contributed by atoms with Crippen LogP contribution in [0.3, 0.4) is 0 Å². The fourth-order valence-electron chi connectivity index (χ4n) is 11.0. The summed E-state index contributed by atoms with van der Waals surface area (Å²) < 4.78 is 5.75. The summed E-state index contributed by atoms with van der Waals surface area (Å²) in [4.78, 5) is 14.3. The fourth-order valence-corrected chi connectivity index (χ4v) is 11.0. The lowest BCUT2D eigenvalue weighted by Crippen LogP contribution is -2.76. The molecule has 0 radical (unpaired) electrons. The van der Waals surface area contributed by atoms with E-state index in [1.165, 1.54) is 6.92 Å². The Bertz CT molecular complexity index is 860. The minimum absolute atomic E-state index is 0.0237. The molecule has 2 spiro atoms. The monoisotopic (exact) mass is 387 g/mol. The van der Waals surface area contributed by atoms with Crippen molar-refractivity contribution in [1.29, 1.82) is 0 Å². The predicted molar refractivity (Wildman–Crippen MR) is 97.9 cm³/mol. The molecule has 6 nitrogen and oxygen atoms in total. The molecule has 9 bridgehead atoms. The van der Waals surface area contributed by atoms with Crippen molar-refractivity contribution >= 4 is 5.97 Å². The lowest BCUT2D eigenvalue weighted by atomic mass is 9.39. The summed E-state index contributed by atoms with van der Waals surface area (Å²) in [6, 6.07) is 0.245. The first-order valence-corrected chi connectivity index (χ1v) is 10.8. The van der Waals surface area contributed by atoms with Crippen LogP contribution in [0, 0.1) is 34.0 Å². The van der Waals surface area contributed by atoms with Crippen molar-refractivity contribution in [2.24, 2.45) is 34.0 Å². The van der Waals surface area contributed by atoms with Gasteiger partial charge in [-0.1, -0.05) is 19.1 Å². The Kier molecular flexibility index (Phi) is 2.55. The van der Waals surface area contributed by atoms with Gasteiger partial charge in [0.05, 0.1) is 12.2 Å². The van der Waals surface area contributed by atoms with E-state index in [9.17, 15) is 20.1 Å². The van der Waals surface area contributed by atoms with Crippen molar-refractivity contribution in [3.05, 3.63) is 12.2 Å². The fraction of sp³-hybridized carbons (Fsp3) is 0.864. The Morgan fingerprint density at radius 1 is 1.25 bits per heavy atom. The number of nitrogens with zero attached hydrogens (tertiary/aromatic N) is 1. The molecule has 13 atom stereocenters. The zero-order valence-electron chi connectivity index (χ0n) is 16.5. The molecular formula is C22H29NO5. The zero-order chi connectivity index (χ0) is 19.6. The number of carbonyl (C=O) groups is 1. The highest BCUT2D eigenvalue weighted by molar-refractivity contribution is 5.66. The molecule has 0 amide bonds. The van der Waals surface area contributed by atoms with Gasteiger partial charge in [0.1, 0.15) is 11.7 Å². The highest BCUT2D eigenvalue weighted by atomic mass is 16.5. The van der Waals surface area contributed by atoms with Gasteiger partial charge in [0, 0.05) is 48.2 Å². The molecule has 152 valence electrons. The molecular weight excluding hydrogens is 358 g/mol. The first kappa shape index (κ1) is 16.8. The predicted octanol–water partition coefficient (Wildman–Crippen LogP) is 0.450. The zero-order valence-corrected chi connectivity index (χ0v) is 16.5. The molecule has 9 fully saturated rings. The van der Waals surface area contributed by atoms with E-state index in [0.29, 0.717) is 24.8 Å². The maximum atomic E-state index is 12.2. The third-order valence-electron chi connectivity index (χ3n) is 10.6. The highest BCUT2D eigenvalue weighted by Gasteiger charge is 2.94. The molecule has 6 saturated carbocycles. The summed E-state index contributed by atoms with van der Waals surface area (Å²) >= 11 is 0. The van der Waals surface area contributed by atoms with E-state index in [0.717, 1.165) is 25.0 Å². The number of carbonyl (C=O) groups excluding carboxylic acids is 1. The standard InChI is InChI=1S/C22H29NO5/c1-9-4-20-7-12-15-19(3)5-11(28-10(2)24)6-21(15)16(20)14(25)13(9)17(26)22(20,27)18(21)23(12)8-19/h11-18,25-27H,1,4-8H2,2-3H3/t11?,12-,13?,14+,15?,16?,17?,18-,19-,20+,21?,22?/m0/s1. The van der Waals surface area contributed by atoms with Gasteiger partial charge in [-0.05, 0) is 37.0 Å². The molecule has 6 heteroatoms. The maximum absolute atomic E-state index is 12.2. The topological polar surface area (TPSA) is 90.2 Å². The Labute approximate surface area is 164 Å². The molecule has 9 aliphatic rings. The lowest BCUT2D eigenvalue weighted by molar-refractivity contribution is -0.280. The van der Waals surface area contributed by atoms with Gasteiger partial charge in [0.15, 0.2) is 0 Å². The SMILES string of the molecule is C=C1C[C@]23C[C@H]4C5C67CC(OC(C)=O)C[C@@]5(C)CN4[C@@H]6C2(O)C(O)C1[C@@H](O)C73. The van der Waals surface area contributed by atoms with Crippen LogP contribution in [0.5, 0.6) is 0 Å². The molecule has 0 aromatic carbocycles. The summed E-state index contributed by atoms with van der Waals surface area (Å²) in [6.45, 7) is 8.85. The van der Waals surface area contributed by atoms with E-state index < -0.39 is 29.1 Å². The van der Waals surface area contributed by atoms with Gasteiger partial charge in [-0.3, -0.25) is 9.69 Å². The number of aliphatic hydroxyl groups excluding tert-OH is 2. The van der Waals surface area contributed by atoms with E-state index >= 15 is 0 Å². The van der Waals surface area contributed by atoms with E-state index in [1.54, 1.807) is 0 Å². The summed E-state index contributed by atoms with van der Waals surface area (Å²) in [5, 5.41) is 35.1. The van der Waals surface area contributed by atoms with E-state index in [1.807, 2.05) is 0 Å². The molecule has 3 heterocycles. The van der Waals surface area contributed by atoms with Gasteiger partial charge in [0.25, 0.3) is 0 Å². The Balaban J connectivity index is 1.49. The van der Waals surface area contributed by atoms with E-state index in [4.69, 9.17) is 4.74 Å². The Morgan fingerprint density at radius 3 is 2.71 bits per heavy atom. The minimum Gasteiger partial charge on any atom is -0.463 e. The van der Waals surface area contributed by atoms with Crippen LogP contribution < -0.4 is 0 Å². The third-order valence-corrected chi connectivity index (χ3v) is 10.6. The van der Waals surface area contributed by atoms with Crippen molar-refractivity contribution in [2.75, 3.05) is 6.54 Å². The second-order valence-corrected chi connectivity index (χ2v) is 11.5. The second-order valence-electron chi connectivity index (χ2n) is 11.5. The average Bonchev–Trinajstić information content (AvgIpc) is 2.97. The van der Waals surface area contributed by atoms with Crippen LogP contribution >= 0.6 is 0 Å². The van der Waals surface area contributed by atoms with Crippen LogP contribution in [-0.4, -0.2) is 68.7 Å². The lowest BCUT2D eigenvalue weighted by Gasteiger charge is -2.67. The smallest absolute Gasteiger partial charge is 0.302 e. The summed E-state index contributed by atoms with van der Waals surface area (Å²) in [7, 11) is 0. The van der Waals surface area contributed by atoms with Crippen LogP contribution in [0.25, 0.3) is 0 Å². The molecule has 3 saturated heterocycles. The van der Waals surface area contributed by atoms with Crippen molar-refractivity contribution in [3.63, 3.8) is 0 Å². The van der Waals surface area contributed by atoms with Crippen molar-refractivity contribution in [3.8, 4) is 0 Å². The average molecular weight is 387 g/mol. The molecule has 3 N–H and O–H groups in total. The van der Waals surface area contributed by atoms with Gasteiger partial charge in [-0.2, -0.15) is 0 Å². The number of fused-ring (bicyclic) bond motifs is 1. The van der Waals surface area contributed by atoms with E-state index in [-0.39, 0.29) is 34.9 Å². The van der Waals surface area contributed by atoms with Crippen LogP contribution in [0.15, 0.2) is 12.2 Å². The molecule has 3 aliphatic heterocycles. The van der Waals surface area contributed by atoms with Crippen molar-refractivity contribution < 1.29 is 24.9 Å². The van der Waals surface area contributed by atoms with Gasteiger partial charge >= 0.3 is 5.97 Å². The molecule has 0 aromatic heterocycles. The van der Waals surface area contributed by atoms with Gasteiger partial charge in [-0.15, -0.1) is 0 Å². The minimum atomic E-state index is -1.20. The molecule has 8 unspecified atom stereocenters. The number of ether oxygens (including phenoxy) is 1. The number of esters is 1. The van der Waals surface area contributed by atoms with Gasteiger partial charge in [0.2, 0.25) is 0 Å².